The lowest BCUT2D eigenvalue weighted by molar-refractivity contribution is 0.264. The maximum Gasteiger partial charge on any atom is 0.194 e. The van der Waals surface area contributed by atoms with Gasteiger partial charge in [0.05, 0.1) is 11.4 Å². The lowest BCUT2D eigenvalue weighted by Crippen LogP contribution is -2.30. The number of hydrogen-bond donors (Lipinski definition) is 1. The lowest BCUT2D eigenvalue weighted by Gasteiger charge is -2.20. The zero-order chi connectivity index (χ0) is 15.0. The largest absolute Gasteiger partial charge is 0.311 e. The van der Waals surface area contributed by atoms with Gasteiger partial charge in [0.1, 0.15) is 0 Å². The summed E-state index contributed by atoms with van der Waals surface area (Å²) in [5, 5.41) is 5.84. The van der Waals surface area contributed by atoms with Crippen LogP contribution in [0, 0.1) is 19.8 Å². The highest BCUT2D eigenvalue weighted by molar-refractivity contribution is 7.15. The van der Waals surface area contributed by atoms with Crippen LogP contribution in [0.5, 0.6) is 0 Å². The molecule has 4 nitrogen and oxygen atoms in total. The SMILES string of the molecule is Cc1nc2scc(C)n2c1CNCC1CCN(C(C)C)C1. The number of imidazole rings is 1. The maximum absolute atomic E-state index is 4.65. The summed E-state index contributed by atoms with van der Waals surface area (Å²) >= 11 is 1.73. The van der Waals surface area contributed by atoms with E-state index >= 15 is 0 Å². The molecule has 1 aliphatic rings. The van der Waals surface area contributed by atoms with E-state index in [-0.39, 0.29) is 0 Å². The van der Waals surface area contributed by atoms with Gasteiger partial charge in [0.15, 0.2) is 4.96 Å². The highest BCUT2D eigenvalue weighted by Gasteiger charge is 2.23. The highest BCUT2D eigenvalue weighted by Crippen LogP contribution is 2.21. The van der Waals surface area contributed by atoms with Crippen LogP contribution in [0.4, 0.5) is 0 Å². The van der Waals surface area contributed by atoms with Gasteiger partial charge in [0, 0.05) is 30.2 Å². The van der Waals surface area contributed by atoms with Crippen LogP contribution in [0.25, 0.3) is 4.96 Å². The first kappa shape index (κ1) is 15.0. The Morgan fingerprint density at radius 3 is 2.95 bits per heavy atom. The molecule has 1 aliphatic heterocycles. The molecule has 0 aromatic carbocycles. The van der Waals surface area contributed by atoms with Crippen molar-refractivity contribution in [3.63, 3.8) is 0 Å². The number of likely N-dealkylation sites (tertiary alicyclic amines) is 1. The zero-order valence-corrected chi connectivity index (χ0v) is 14.3. The molecule has 0 radical (unpaired) electrons. The number of nitrogens with zero attached hydrogens (tertiary/aromatic N) is 3. The number of thiazole rings is 1. The van der Waals surface area contributed by atoms with E-state index in [0.717, 1.165) is 29.7 Å². The van der Waals surface area contributed by atoms with Gasteiger partial charge in [-0.1, -0.05) is 0 Å². The molecule has 0 saturated carbocycles. The van der Waals surface area contributed by atoms with Gasteiger partial charge in [-0.05, 0) is 53.1 Å². The van der Waals surface area contributed by atoms with E-state index in [9.17, 15) is 0 Å². The molecule has 0 bridgehead atoms. The van der Waals surface area contributed by atoms with Crippen molar-refractivity contribution in [2.24, 2.45) is 5.92 Å². The fraction of sp³-hybridized carbons (Fsp3) is 0.688. The third-order valence-electron chi connectivity index (χ3n) is 4.60. The van der Waals surface area contributed by atoms with Crippen molar-refractivity contribution >= 4 is 16.3 Å². The first-order valence-corrected chi connectivity index (χ1v) is 8.81. The standard InChI is InChI=1S/C16H26N4S/c1-11(2)19-6-5-14(9-19)7-17-8-15-13(4)18-16-20(15)12(3)10-21-16/h10-11,14,17H,5-9H2,1-4H3. The Bertz CT molecular complexity index is 613. The van der Waals surface area contributed by atoms with Crippen molar-refractivity contribution in [1.82, 2.24) is 19.6 Å². The van der Waals surface area contributed by atoms with Crippen molar-refractivity contribution in [2.75, 3.05) is 19.6 Å². The van der Waals surface area contributed by atoms with E-state index in [1.165, 1.54) is 30.9 Å². The van der Waals surface area contributed by atoms with E-state index in [4.69, 9.17) is 0 Å². The number of aromatic nitrogens is 2. The average Bonchev–Trinajstić information content (AvgIpc) is 3.10. The van der Waals surface area contributed by atoms with Crippen LogP contribution >= 0.6 is 11.3 Å². The van der Waals surface area contributed by atoms with Crippen LogP contribution in [0.15, 0.2) is 5.38 Å². The fourth-order valence-corrected chi connectivity index (χ4v) is 4.20. The smallest absolute Gasteiger partial charge is 0.194 e. The Kier molecular flexibility index (Phi) is 4.33. The number of nitrogens with one attached hydrogen (secondary N) is 1. The van der Waals surface area contributed by atoms with Crippen molar-refractivity contribution < 1.29 is 0 Å². The van der Waals surface area contributed by atoms with Gasteiger partial charge in [-0.25, -0.2) is 4.98 Å². The fourth-order valence-electron chi connectivity index (χ4n) is 3.27. The van der Waals surface area contributed by atoms with Gasteiger partial charge in [0.25, 0.3) is 0 Å². The van der Waals surface area contributed by atoms with Crippen LogP contribution in [0.2, 0.25) is 0 Å². The van der Waals surface area contributed by atoms with E-state index in [2.05, 4.69) is 52.7 Å². The lowest BCUT2D eigenvalue weighted by atomic mass is 10.1. The molecular weight excluding hydrogens is 280 g/mol. The topological polar surface area (TPSA) is 32.6 Å². The molecular formula is C16H26N4S. The van der Waals surface area contributed by atoms with Crippen LogP contribution in [-0.2, 0) is 6.54 Å². The first-order valence-electron chi connectivity index (χ1n) is 7.93. The minimum atomic E-state index is 0.681. The summed E-state index contributed by atoms with van der Waals surface area (Å²) in [4.78, 5) is 8.35. The normalized spacial score (nSPS) is 20.1. The minimum Gasteiger partial charge on any atom is -0.311 e. The van der Waals surface area contributed by atoms with E-state index in [0.29, 0.717) is 6.04 Å². The van der Waals surface area contributed by atoms with Crippen LogP contribution < -0.4 is 5.32 Å². The average molecular weight is 306 g/mol. The molecule has 1 atom stereocenters. The second-order valence-corrected chi connectivity index (χ2v) is 7.35. The quantitative estimate of drug-likeness (QED) is 0.922. The Balaban J connectivity index is 1.58. The Labute approximate surface area is 131 Å². The molecule has 3 heterocycles. The maximum atomic E-state index is 4.65. The molecule has 21 heavy (non-hydrogen) atoms. The number of hydrogen-bond acceptors (Lipinski definition) is 4. The van der Waals surface area contributed by atoms with E-state index in [1.54, 1.807) is 11.3 Å². The molecule has 2 aromatic rings. The van der Waals surface area contributed by atoms with Crippen LogP contribution in [0.1, 0.15) is 37.4 Å². The molecule has 0 aliphatic carbocycles. The molecule has 0 spiro atoms. The van der Waals surface area contributed by atoms with Gasteiger partial charge in [-0.15, -0.1) is 11.3 Å². The van der Waals surface area contributed by atoms with Crippen molar-refractivity contribution in [2.45, 2.75) is 46.7 Å². The summed E-state index contributed by atoms with van der Waals surface area (Å²) in [6.45, 7) is 13.4. The van der Waals surface area contributed by atoms with Gasteiger partial charge < -0.3 is 10.2 Å². The Morgan fingerprint density at radius 2 is 2.24 bits per heavy atom. The summed E-state index contributed by atoms with van der Waals surface area (Å²) < 4.78 is 2.29. The molecule has 116 valence electrons. The predicted octanol–water partition coefficient (Wildman–Crippen LogP) is 2.83. The van der Waals surface area contributed by atoms with Gasteiger partial charge in [-0.3, -0.25) is 4.40 Å². The van der Waals surface area contributed by atoms with E-state index < -0.39 is 0 Å². The Morgan fingerprint density at radius 1 is 1.43 bits per heavy atom. The second-order valence-electron chi connectivity index (χ2n) is 6.51. The number of aryl methyl sites for hydroxylation is 2. The molecule has 1 fully saturated rings. The number of fused-ring (bicyclic) bond motifs is 1. The zero-order valence-electron chi connectivity index (χ0n) is 13.5. The minimum absolute atomic E-state index is 0.681. The number of rotatable bonds is 5. The second kappa shape index (κ2) is 6.07. The monoisotopic (exact) mass is 306 g/mol. The molecule has 5 heteroatoms. The third-order valence-corrected chi connectivity index (χ3v) is 5.55. The Hall–Kier alpha value is -0.910. The summed E-state index contributed by atoms with van der Waals surface area (Å²) in [5.74, 6) is 0.791. The van der Waals surface area contributed by atoms with Crippen molar-refractivity contribution in [1.29, 1.82) is 0 Å². The van der Waals surface area contributed by atoms with Gasteiger partial charge in [0.2, 0.25) is 0 Å². The molecule has 1 N–H and O–H groups in total. The predicted molar refractivity (Wildman–Crippen MR) is 89.1 cm³/mol. The summed E-state index contributed by atoms with van der Waals surface area (Å²) in [7, 11) is 0. The molecule has 1 saturated heterocycles. The third kappa shape index (κ3) is 3.00. The summed E-state index contributed by atoms with van der Waals surface area (Å²) in [6, 6.07) is 0.681. The molecule has 0 amide bonds. The van der Waals surface area contributed by atoms with E-state index in [1.807, 2.05) is 0 Å². The summed E-state index contributed by atoms with van der Waals surface area (Å²) in [6.07, 6.45) is 1.32. The van der Waals surface area contributed by atoms with Gasteiger partial charge >= 0.3 is 0 Å². The van der Waals surface area contributed by atoms with Crippen LogP contribution in [0.3, 0.4) is 0 Å². The first-order chi connectivity index (χ1) is 10.1. The highest BCUT2D eigenvalue weighted by atomic mass is 32.1. The van der Waals surface area contributed by atoms with Crippen molar-refractivity contribution in [3.8, 4) is 0 Å². The molecule has 3 rings (SSSR count). The molecule has 2 aromatic heterocycles. The van der Waals surface area contributed by atoms with Gasteiger partial charge in [-0.2, -0.15) is 0 Å². The van der Waals surface area contributed by atoms with Crippen LogP contribution in [-0.4, -0.2) is 40.0 Å². The molecule has 1 unspecified atom stereocenters. The van der Waals surface area contributed by atoms with Crippen molar-refractivity contribution in [3.05, 3.63) is 22.5 Å². The summed E-state index contributed by atoms with van der Waals surface area (Å²) in [5.41, 5.74) is 3.77.